The molecule has 0 saturated heterocycles. The van der Waals surface area contributed by atoms with Crippen molar-refractivity contribution in [2.75, 3.05) is 20.3 Å². The van der Waals surface area contributed by atoms with E-state index in [1.807, 2.05) is 6.92 Å². The fourth-order valence-corrected chi connectivity index (χ4v) is 3.73. The summed E-state index contributed by atoms with van der Waals surface area (Å²) in [5.41, 5.74) is 0.279. The normalized spacial score (nSPS) is 17.9. The minimum absolute atomic E-state index is 0.0226. The van der Waals surface area contributed by atoms with Crippen LogP contribution in [-0.4, -0.2) is 70.4 Å². The molecule has 36 heavy (non-hydrogen) atoms. The molecule has 0 aliphatic rings. The summed E-state index contributed by atoms with van der Waals surface area (Å²) in [5.74, 6) is 0.0969. The van der Waals surface area contributed by atoms with Crippen LogP contribution in [0.4, 0.5) is 0 Å². The van der Waals surface area contributed by atoms with Crippen LogP contribution in [0.3, 0.4) is 0 Å². The van der Waals surface area contributed by atoms with Crippen LogP contribution in [0.5, 0.6) is 0 Å². The number of esters is 1. The quantitative estimate of drug-likeness (QED) is 0.121. The van der Waals surface area contributed by atoms with Crippen molar-refractivity contribution in [3.63, 3.8) is 0 Å². The molecule has 210 valence electrons. The van der Waals surface area contributed by atoms with Gasteiger partial charge < -0.3 is 30.5 Å². The van der Waals surface area contributed by atoms with Crippen LogP contribution >= 0.6 is 0 Å². The number of allylic oxidation sites excluding steroid dienone is 4. The molecule has 0 aromatic heterocycles. The maximum Gasteiger partial charge on any atom is 0.303 e. The van der Waals surface area contributed by atoms with E-state index < -0.39 is 17.7 Å². The Bertz CT molecular complexity index is 700. The van der Waals surface area contributed by atoms with Crippen LogP contribution in [0, 0.1) is 17.8 Å². The van der Waals surface area contributed by atoms with Crippen LogP contribution in [0.2, 0.25) is 0 Å². The van der Waals surface area contributed by atoms with E-state index in [-0.39, 0.29) is 37.0 Å². The molecule has 8 nitrogen and oxygen atoms in total. The third-order valence-corrected chi connectivity index (χ3v) is 5.98. The molecule has 0 aliphatic heterocycles. The zero-order valence-corrected chi connectivity index (χ0v) is 23.5. The van der Waals surface area contributed by atoms with Gasteiger partial charge in [-0.15, -0.1) is 0 Å². The summed E-state index contributed by atoms with van der Waals surface area (Å²) in [7, 11) is 1.00. The van der Waals surface area contributed by atoms with E-state index in [0.717, 1.165) is 19.1 Å². The number of aliphatic hydroxyl groups is 4. The van der Waals surface area contributed by atoms with Gasteiger partial charge in [0.2, 0.25) is 5.91 Å². The first-order chi connectivity index (χ1) is 16.8. The lowest BCUT2D eigenvalue weighted by molar-refractivity contribution is -0.143. The van der Waals surface area contributed by atoms with E-state index >= 15 is 0 Å². The van der Waals surface area contributed by atoms with Gasteiger partial charge in [-0.2, -0.15) is 0 Å². The second-order valence-electron chi connectivity index (χ2n) is 9.95. The summed E-state index contributed by atoms with van der Waals surface area (Å²) in [6.45, 7) is 12.9. The summed E-state index contributed by atoms with van der Waals surface area (Å²) in [4.78, 5) is 23.1. The highest BCUT2D eigenvalue weighted by Crippen LogP contribution is 2.23. The van der Waals surface area contributed by atoms with Gasteiger partial charge in [0, 0.05) is 26.7 Å². The van der Waals surface area contributed by atoms with Gasteiger partial charge in [-0.3, -0.25) is 9.59 Å². The molecule has 0 radical (unpaired) electrons. The number of amides is 1. The van der Waals surface area contributed by atoms with Gasteiger partial charge in [0.1, 0.15) is 6.10 Å². The van der Waals surface area contributed by atoms with E-state index in [4.69, 9.17) is 14.9 Å². The lowest BCUT2D eigenvalue weighted by atomic mass is 9.87. The zero-order valence-electron chi connectivity index (χ0n) is 23.5. The van der Waals surface area contributed by atoms with E-state index in [9.17, 15) is 19.8 Å². The van der Waals surface area contributed by atoms with Gasteiger partial charge in [-0.25, -0.2) is 0 Å². The van der Waals surface area contributed by atoms with Crippen molar-refractivity contribution < 1.29 is 34.8 Å². The molecule has 5 N–H and O–H groups in total. The average Bonchev–Trinajstić information content (AvgIpc) is 2.79. The molecule has 0 aliphatic carbocycles. The number of hydrogen-bond donors (Lipinski definition) is 5. The Morgan fingerprint density at radius 2 is 1.61 bits per heavy atom. The summed E-state index contributed by atoms with van der Waals surface area (Å²) in [6.07, 6.45) is 11.2. The summed E-state index contributed by atoms with van der Waals surface area (Å²) in [5, 5.41) is 38.8. The van der Waals surface area contributed by atoms with Gasteiger partial charge in [-0.1, -0.05) is 44.6 Å². The molecule has 0 aromatic rings. The van der Waals surface area contributed by atoms with Crippen LogP contribution in [0.1, 0.15) is 74.1 Å². The Morgan fingerprint density at radius 3 is 2.14 bits per heavy atom. The third kappa shape index (κ3) is 19.2. The molecule has 0 fully saturated rings. The number of carbonyl (C=O) groups excluding carboxylic acids is 2. The lowest BCUT2D eigenvalue weighted by Crippen LogP contribution is -2.38. The lowest BCUT2D eigenvalue weighted by Gasteiger charge is -2.24. The fourth-order valence-electron chi connectivity index (χ4n) is 3.73. The van der Waals surface area contributed by atoms with E-state index in [1.54, 1.807) is 13.8 Å². The van der Waals surface area contributed by atoms with Crippen LogP contribution in [0.15, 0.2) is 36.0 Å². The van der Waals surface area contributed by atoms with Crippen molar-refractivity contribution in [2.45, 2.75) is 91.9 Å². The van der Waals surface area contributed by atoms with Crippen molar-refractivity contribution in [3.8, 4) is 0 Å². The highest BCUT2D eigenvalue weighted by molar-refractivity contribution is 5.87. The molecular weight excluding hydrogens is 462 g/mol. The molecule has 8 heteroatoms. The number of nitrogens with one attached hydrogen (secondary N) is 1. The van der Waals surface area contributed by atoms with Gasteiger partial charge in [0.25, 0.3) is 0 Å². The Morgan fingerprint density at radius 1 is 1.00 bits per heavy atom. The standard InChI is InChI=1S/C27H47NO6.CH4O/c1-19(8-9-20(2)17-27(7,33)14-15-29)10-11-21(3)22(4)16-25(18-30)28-26(32)13-12-23(5)34-24(6)31;1-2/h8-10,12-13,20-23,25,29-30,33H,11,14-18H2,1-7H3,(H,28,32);2H,1H3/b9-8+,13-12-,19-10+;. The molecule has 0 heterocycles. The van der Waals surface area contributed by atoms with Gasteiger partial charge in [0.05, 0.1) is 18.2 Å². The molecule has 0 bridgehead atoms. The molecule has 0 spiro atoms. The smallest absolute Gasteiger partial charge is 0.303 e. The van der Waals surface area contributed by atoms with Crippen LogP contribution < -0.4 is 5.32 Å². The second kappa shape index (κ2) is 20.1. The predicted molar refractivity (Wildman–Crippen MR) is 144 cm³/mol. The summed E-state index contributed by atoms with van der Waals surface area (Å²) < 4.78 is 4.95. The first kappa shape index (κ1) is 36.2. The van der Waals surface area contributed by atoms with E-state index in [1.165, 1.54) is 19.1 Å². The van der Waals surface area contributed by atoms with Crippen LogP contribution in [0.25, 0.3) is 0 Å². The number of hydrogen-bond acceptors (Lipinski definition) is 7. The zero-order chi connectivity index (χ0) is 28.3. The van der Waals surface area contributed by atoms with Gasteiger partial charge in [-0.05, 0) is 70.3 Å². The summed E-state index contributed by atoms with van der Waals surface area (Å²) >= 11 is 0. The molecule has 0 rings (SSSR count). The average molecular weight is 514 g/mol. The third-order valence-electron chi connectivity index (χ3n) is 5.98. The Labute approximate surface area is 218 Å². The monoisotopic (exact) mass is 513 g/mol. The predicted octanol–water partition coefficient (Wildman–Crippen LogP) is 3.29. The molecular formula is C28H51NO7. The van der Waals surface area contributed by atoms with Crippen molar-refractivity contribution in [2.24, 2.45) is 17.8 Å². The number of aliphatic hydroxyl groups excluding tert-OH is 3. The molecule has 0 aromatic carbocycles. The van der Waals surface area contributed by atoms with E-state index in [0.29, 0.717) is 25.2 Å². The van der Waals surface area contributed by atoms with Crippen molar-refractivity contribution in [1.29, 1.82) is 0 Å². The number of carbonyl (C=O) groups is 2. The molecule has 6 unspecified atom stereocenters. The SMILES string of the molecule is CC(=O)OC(C)/C=C\C(=O)NC(CO)CC(C)C(C)C/C=C(C)/C=C/C(C)CC(C)(O)CCO.CO. The first-order valence-corrected chi connectivity index (χ1v) is 12.7. The Hall–Kier alpha value is -2.00. The van der Waals surface area contributed by atoms with Gasteiger partial charge in [0.15, 0.2) is 0 Å². The van der Waals surface area contributed by atoms with Crippen molar-refractivity contribution in [1.82, 2.24) is 5.32 Å². The number of ether oxygens (including phenoxy) is 1. The first-order valence-electron chi connectivity index (χ1n) is 12.7. The summed E-state index contributed by atoms with van der Waals surface area (Å²) in [6, 6.07) is -0.351. The minimum Gasteiger partial charge on any atom is -0.459 e. The molecule has 0 saturated carbocycles. The maximum absolute atomic E-state index is 12.1. The topological polar surface area (TPSA) is 136 Å². The van der Waals surface area contributed by atoms with Crippen LogP contribution in [-0.2, 0) is 14.3 Å². The maximum atomic E-state index is 12.1. The van der Waals surface area contributed by atoms with Crippen molar-refractivity contribution >= 4 is 11.9 Å². The molecule has 6 atom stereocenters. The minimum atomic E-state index is -0.866. The highest BCUT2D eigenvalue weighted by atomic mass is 16.5. The number of rotatable bonds is 16. The van der Waals surface area contributed by atoms with E-state index in [2.05, 4.69) is 44.3 Å². The van der Waals surface area contributed by atoms with Crippen molar-refractivity contribution in [3.05, 3.63) is 36.0 Å². The molecule has 1 amide bonds. The second-order valence-corrected chi connectivity index (χ2v) is 9.95. The van der Waals surface area contributed by atoms with Gasteiger partial charge >= 0.3 is 5.97 Å². The Balaban J connectivity index is 0. The fraction of sp³-hybridized carbons (Fsp3) is 0.714. The largest absolute Gasteiger partial charge is 0.459 e. The highest BCUT2D eigenvalue weighted by Gasteiger charge is 2.21. The Kier molecular flexibility index (Phi) is 20.2.